The number of amides is 1. The third kappa shape index (κ3) is 5.43. The molecule has 1 N–H and O–H groups in total. The zero-order chi connectivity index (χ0) is 24.0. The van der Waals surface area contributed by atoms with E-state index in [9.17, 15) is 13.2 Å². The van der Waals surface area contributed by atoms with Crippen molar-refractivity contribution in [3.05, 3.63) is 95.5 Å². The number of ether oxygens (including phenoxy) is 1. The molecule has 1 heterocycles. The van der Waals surface area contributed by atoms with Crippen LogP contribution in [0.15, 0.2) is 89.8 Å². The smallest absolute Gasteiger partial charge is 0.264 e. The molecule has 0 bridgehead atoms. The molecule has 0 unspecified atom stereocenters. The summed E-state index contributed by atoms with van der Waals surface area (Å²) >= 11 is 5.94. The van der Waals surface area contributed by atoms with Crippen LogP contribution in [0.25, 0.3) is 0 Å². The minimum absolute atomic E-state index is 0.0683. The van der Waals surface area contributed by atoms with Crippen LogP contribution < -0.4 is 9.62 Å². The molecule has 0 saturated carbocycles. The van der Waals surface area contributed by atoms with Crippen molar-refractivity contribution < 1.29 is 17.9 Å². The van der Waals surface area contributed by atoms with E-state index in [4.69, 9.17) is 16.3 Å². The largest absolute Gasteiger partial charge is 0.381 e. The zero-order valence-corrected chi connectivity index (χ0v) is 20.3. The maximum atomic E-state index is 13.5. The second-order valence-electron chi connectivity index (χ2n) is 8.34. The molecule has 1 aliphatic heterocycles. The highest BCUT2D eigenvalue weighted by atomic mass is 35.5. The number of para-hydroxylation sites is 1. The maximum Gasteiger partial charge on any atom is 0.264 e. The van der Waals surface area contributed by atoms with Crippen LogP contribution in [0.3, 0.4) is 0 Å². The summed E-state index contributed by atoms with van der Waals surface area (Å²) in [5.41, 5.74) is 1.31. The molecule has 3 aromatic rings. The molecule has 34 heavy (non-hydrogen) atoms. The van der Waals surface area contributed by atoms with Gasteiger partial charge in [0.1, 0.15) is 6.54 Å². The molecule has 0 radical (unpaired) electrons. The molecule has 0 aliphatic carbocycles. The molecule has 1 aliphatic rings. The second kappa shape index (κ2) is 10.6. The number of carbonyl (C=O) groups excluding carboxylic acids is 1. The number of sulfonamides is 1. The molecule has 0 spiro atoms. The summed E-state index contributed by atoms with van der Waals surface area (Å²) in [4.78, 5) is 13.2. The van der Waals surface area contributed by atoms with Crippen LogP contribution in [0.4, 0.5) is 5.69 Å². The highest BCUT2D eigenvalue weighted by Gasteiger charge is 2.35. The molecule has 1 saturated heterocycles. The van der Waals surface area contributed by atoms with E-state index in [0.717, 1.165) is 22.7 Å². The van der Waals surface area contributed by atoms with Crippen molar-refractivity contribution >= 4 is 33.2 Å². The monoisotopic (exact) mass is 498 g/mol. The fraction of sp³-hybridized carbons (Fsp3) is 0.269. The molecule has 4 rings (SSSR count). The molecule has 8 heteroatoms. The van der Waals surface area contributed by atoms with Gasteiger partial charge in [-0.15, -0.1) is 0 Å². The van der Waals surface area contributed by atoms with E-state index in [0.29, 0.717) is 30.5 Å². The first-order valence-electron chi connectivity index (χ1n) is 11.1. The summed E-state index contributed by atoms with van der Waals surface area (Å²) < 4.78 is 33.6. The van der Waals surface area contributed by atoms with Crippen LogP contribution >= 0.6 is 11.6 Å². The molecular weight excluding hydrogens is 472 g/mol. The van der Waals surface area contributed by atoms with Crippen LogP contribution in [-0.2, 0) is 25.0 Å². The van der Waals surface area contributed by atoms with Gasteiger partial charge in [0.2, 0.25) is 5.91 Å². The quantitative estimate of drug-likeness (QED) is 0.499. The number of anilines is 1. The molecule has 1 fully saturated rings. The Morgan fingerprint density at radius 2 is 1.50 bits per heavy atom. The van der Waals surface area contributed by atoms with E-state index in [1.54, 1.807) is 30.3 Å². The van der Waals surface area contributed by atoms with Crippen molar-refractivity contribution in [2.24, 2.45) is 0 Å². The van der Waals surface area contributed by atoms with E-state index in [2.05, 4.69) is 17.4 Å². The zero-order valence-electron chi connectivity index (χ0n) is 18.7. The number of rotatable bonds is 8. The van der Waals surface area contributed by atoms with Gasteiger partial charge in [-0.25, -0.2) is 8.42 Å². The fourth-order valence-corrected chi connectivity index (χ4v) is 5.77. The highest BCUT2D eigenvalue weighted by molar-refractivity contribution is 7.92. The van der Waals surface area contributed by atoms with Gasteiger partial charge in [0.25, 0.3) is 10.0 Å². The van der Waals surface area contributed by atoms with Gasteiger partial charge >= 0.3 is 0 Å². The molecule has 0 aromatic heterocycles. The Bertz CT molecular complexity index is 1200. The van der Waals surface area contributed by atoms with E-state index in [1.165, 1.54) is 24.3 Å². The van der Waals surface area contributed by atoms with E-state index < -0.39 is 10.0 Å². The molecule has 6 nitrogen and oxygen atoms in total. The standard InChI is InChI=1S/C26H27ClN2O4S/c27-22-11-13-24(14-12-22)34(31,32)29(23-9-5-2-6-10-23)19-25(30)28-20-26(15-17-33-18-16-26)21-7-3-1-4-8-21/h1-14H,15-20H2,(H,28,30). The average molecular weight is 499 g/mol. The van der Waals surface area contributed by atoms with E-state index in [-0.39, 0.29) is 22.8 Å². The minimum atomic E-state index is -3.98. The van der Waals surface area contributed by atoms with Crippen LogP contribution in [0.1, 0.15) is 18.4 Å². The van der Waals surface area contributed by atoms with E-state index >= 15 is 0 Å². The second-order valence-corrected chi connectivity index (χ2v) is 10.6. The molecular formula is C26H27ClN2O4S. The first kappa shape index (κ1) is 24.3. The molecule has 0 atom stereocenters. The van der Waals surface area contributed by atoms with Crippen LogP contribution in [0, 0.1) is 0 Å². The lowest BCUT2D eigenvalue weighted by Crippen LogP contribution is -2.48. The SMILES string of the molecule is O=C(CN(c1ccccc1)S(=O)(=O)c1ccc(Cl)cc1)NCC1(c2ccccc2)CCOCC1. The van der Waals surface area contributed by atoms with Crippen LogP contribution in [-0.4, -0.2) is 40.6 Å². The van der Waals surface area contributed by atoms with Gasteiger partial charge in [-0.05, 0) is 54.8 Å². The third-order valence-corrected chi connectivity index (χ3v) is 8.23. The lowest BCUT2D eigenvalue weighted by molar-refractivity contribution is -0.120. The summed E-state index contributed by atoms with van der Waals surface area (Å²) in [6.45, 7) is 1.30. The Labute approximate surface area is 205 Å². The summed E-state index contributed by atoms with van der Waals surface area (Å²) in [7, 11) is -3.98. The summed E-state index contributed by atoms with van der Waals surface area (Å²) in [6, 6.07) is 24.6. The lowest BCUT2D eigenvalue weighted by atomic mass is 9.74. The van der Waals surface area contributed by atoms with Gasteiger partial charge < -0.3 is 10.1 Å². The number of benzene rings is 3. The summed E-state index contributed by atoms with van der Waals surface area (Å²) in [5.74, 6) is -0.372. The number of nitrogens with one attached hydrogen (secondary N) is 1. The topological polar surface area (TPSA) is 75.7 Å². The van der Waals surface area contributed by atoms with E-state index in [1.807, 2.05) is 18.2 Å². The van der Waals surface area contributed by atoms with Crippen molar-refractivity contribution in [2.45, 2.75) is 23.2 Å². The average Bonchev–Trinajstić information content (AvgIpc) is 2.88. The van der Waals surface area contributed by atoms with Gasteiger partial charge in [-0.3, -0.25) is 9.10 Å². The summed E-state index contributed by atoms with van der Waals surface area (Å²) in [6.07, 6.45) is 1.56. The Balaban J connectivity index is 1.56. The van der Waals surface area contributed by atoms with Crippen molar-refractivity contribution in [1.29, 1.82) is 0 Å². The number of hydrogen-bond acceptors (Lipinski definition) is 4. The predicted molar refractivity (Wildman–Crippen MR) is 134 cm³/mol. The third-order valence-electron chi connectivity index (χ3n) is 6.19. The molecule has 178 valence electrons. The van der Waals surface area contributed by atoms with Gasteiger partial charge in [0, 0.05) is 30.2 Å². The van der Waals surface area contributed by atoms with Crippen molar-refractivity contribution in [1.82, 2.24) is 5.32 Å². The van der Waals surface area contributed by atoms with Gasteiger partial charge in [-0.1, -0.05) is 60.1 Å². The minimum Gasteiger partial charge on any atom is -0.381 e. The van der Waals surface area contributed by atoms with Crippen molar-refractivity contribution in [3.63, 3.8) is 0 Å². The predicted octanol–water partition coefficient (Wildman–Crippen LogP) is 4.40. The van der Waals surface area contributed by atoms with Crippen molar-refractivity contribution in [2.75, 3.05) is 30.6 Å². The Hall–Kier alpha value is -2.87. The van der Waals surface area contributed by atoms with Gasteiger partial charge in [-0.2, -0.15) is 0 Å². The van der Waals surface area contributed by atoms with Crippen LogP contribution in [0.2, 0.25) is 5.02 Å². The van der Waals surface area contributed by atoms with Gasteiger partial charge in [0.05, 0.1) is 10.6 Å². The number of nitrogens with zero attached hydrogens (tertiary/aromatic N) is 1. The van der Waals surface area contributed by atoms with Crippen LogP contribution in [0.5, 0.6) is 0 Å². The number of carbonyl (C=O) groups is 1. The first-order valence-corrected chi connectivity index (χ1v) is 13.0. The Morgan fingerprint density at radius 1 is 0.912 bits per heavy atom. The van der Waals surface area contributed by atoms with Crippen molar-refractivity contribution in [3.8, 4) is 0 Å². The fourth-order valence-electron chi connectivity index (χ4n) is 4.22. The Morgan fingerprint density at radius 3 is 2.12 bits per heavy atom. The normalized spacial score (nSPS) is 15.4. The summed E-state index contributed by atoms with van der Waals surface area (Å²) in [5, 5.41) is 3.44. The number of halogens is 1. The number of hydrogen-bond donors (Lipinski definition) is 1. The maximum absolute atomic E-state index is 13.5. The Kier molecular flexibility index (Phi) is 7.56. The molecule has 1 amide bonds. The van der Waals surface area contributed by atoms with Gasteiger partial charge in [0.15, 0.2) is 0 Å². The lowest BCUT2D eigenvalue weighted by Gasteiger charge is -2.38. The molecule has 3 aromatic carbocycles. The first-order chi connectivity index (χ1) is 16.4. The highest BCUT2D eigenvalue weighted by Crippen LogP contribution is 2.34.